The van der Waals surface area contributed by atoms with E-state index >= 15 is 0 Å². The van der Waals surface area contributed by atoms with Crippen molar-refractivity contribution in [2.45, 2.75) is 249 Å². The smallest absolute Gasteiger partial charge is 0.220 e. The number of hydrogen-bond donors (Lipinski definition) is 6. The summed E-state index contributed by atoms with van der Waals surface area (Å²) in [6.45, 7) is 3.65. The van der Waals surface area contributed by atoms with Crippen LogP contribution >= 0.6 is 0 Å². The highest BCUT2D eigenvalue weighted by Gasteiger charge is 2.44. The van der Waals surface area contributed by atoms with Crippen molar-refractivity contribution in [1.29, 1.82) is 0 Å². The van der Waals surface area contributed by atoms with Crippen molar-refractivity contribution in [3.8, 4) is 0 Å². The third kappa shape index (κ3) is 36.7. The van der Waals surface area contributed by atoms with Crippen molar-refractivity contribution in [2.75, 3.05) is 13.2 Å². The molecule has 0 bridgehead atoms. The minimum Gasteiger partial charge on any atom is -0.394 e. The molecule has 0 saturated carbocycles. The van der Waals surface area contributed by atoms with Gasteiger partial charge in [0, 0.05) is 6.42 Å². The molecule has 9 heteroatoms. The number of carbonyl (C=O) groups is 1. The van der Waals surface area contributed by atoms with E-state index in [1.807, 2.05) is 6.08 Å². The van der Waals surface area contributed by atoms with Crippen LogP contribution in [0.2, 0.25) is 0 Å². The second-order valence-corrected chi connectivity index (χ2v) is 18.3. The Kier molecular flexibility index (Phi) is 43.4. The van der Waals surface area contributed by atoms with E-state index < -0.39 is 49.5 Å². The summed E-state index contributed by atoms with van der Waals surface area (Å²) in [4.78, 5) is 13.0. The Morgan fingerprint density at radius 1 is 0.522 bits per heavy atom. The van der Waals surface area contributed by atoms with Crippen LogP contribution in [0.15, 0.2) is 97.2 Å². The average molecular weight is 938 g/mol. The van der Waals surface area contributed by atoms with E-state index in [1.165, 1.54) is 89.9 Å². The summed E-state index contributed by atoms with van der Waals surface area (Å²) in [5, 5.41) is 54.4. The second kappa shape index (κ2) is 46.8. The number of aliphatic hydroxyl groups excluding tert-OH is 5. The molecule has 0 aromatic rings. The van der Waals surface area contributed by atoms with Gasteiger partial charge in [0.05, 0.1) is 25.4 Å². The van der Waals surface area contributed by atoms with Gasteiger partial charge in [-0.05, 0) is 77.0 Å². The summed E-state index contributed by atoms with van der Waals surface area (Å²) in [6, 6.07) is -0.817. The van der Waals surface area contributed by atoms with Crippen LogP contribution in [0.1, 0.15) is 206 Å². The highest BCUT2D eigenvalue weighted by atomic mass is 16.7. The van der Waals surface area contributed by atoms with Crippen LogP contribution in [0.4, 0.5) is 0 Å². The zero-order valence-electron chi connectivity index (χ0n) is 42.4. The molecule has 1 heterocycles. The lowest BCUT2D eigenvalue weighted by Crippen LogP contribution is -2.60. The Bertz CT molecular complexity index is 1370. The molecule has 1 saturated heterocycles. The van der Waals surface area contributed by atoms with E-state index in [0.29, 0.717) is 6.42 Å². The summed E-state index contributed by atoms with van der Waals surface area (Å²) < 4.78 is 11.2. The predicted octanol–water partition coefficient (Wildman–Crippen LogP) is 12.8. The number of carbonyl (C=O) groups excluding carboxylic acids is 1. The van der Waals surface area contributed by atoms with Gasteiger partial charge in [0.1, 0.15) is 24.4 Å². The minimum absolute atomic E-state index is 0.192. The summed E-state index contributed by atoms with van der Waals surface area (Å²) in [5.74, 6) is -0.192. The molecule has 1 fully saturated rings. The Balaban J connectivity index is 2.26. The zero-order chi connectivity index (χ0) is 48.7. The van der Waals surface area contributed by atoms with E-state index in [1.54, 1.807) is 6.08 Å². The van der Waals surface area contributed by atoms with Crippen molar-refractivity contribution in [2.24, 2.45) is 0 Å². The van der Waals surface area contributed by atoms with Crippen LogP contribution in [-0.2, 0) is 14.3 Å². The summed E-state index contributed by atoms with van der Waals surface area (Å²) >= 11 is 0. The van der Waals surface area contributed by atoms with Gasteiger partial charge < -0.3 is 40.3 Å². The predicted molar refractivity (Wildman–Crippen MR) is 281 cm³/mol. The number of rotatable bonds is 44. The number of allylic oxidation sites excluding steroid dienone is 15. The number of amides is 1. The molecule has 0 aliphatic carbocycles. The lowest BCUT2D eigenvalue weighted by molar-refractivity contribution is -0.302. The molecular weight excluding hydrogens is 839 g/mol. The molecule has 0 spiro atoms. The zero-order valence-corrected chi connectivity index (χ0v) is 42.4. The van der Waals surface area contributed by atoms with Gasteiger partial charge in [-0.15, -0.1) is 0 Å². The van der Waals surface area contributed by atoms with Gasteiger partial charge in [-0.1, -0.05) is 220 Å². The molecule has 67 heavy (non-hydrogen) atoms. The minimum atomic E-state index is -1.57. The van der Waals surface area contributed by atoms with Crippen LogP contribution in [0, 0.1) is 0 Å². The van der Waals surface area contributed by atoms with Crippen LogP contribution in [0.3, 0.4) is 0 Å². The molecule has 384 valence electrons. The van der Waals surface area contributed by atoms with Crippen molar-refractivity contribution < 1.29 is 39.8 Å². The molecule has 0 aromatic carbocycles. The fourth-order valence-electron chi connectivity index (χ4n) is 7.90. The third-order valence-electron chi connectivity index (χ3n) is 12.2. The van der Waals surface area contributed by atoms with Gasteiger partial charge in [0.25, 0.3) is 0 Å². The summed E-state index contributed by atoms with van der Waals surface area (Å²) in [6.07, 6.45) is 60.2. The maximum absolute atomic E-state index is 13.0. The lowest BCUT2D eigenvalue weighted by Gasteiger charge is -2.40. The first kappa shape index (κ1) is 62.1. The van der Waals surface area contributed by atoms with Gasteiger partial charge in [0.15, 0.2) is 6.29 Å². The number of hydrogen-bond acceptors (Lipinski definition) is 8. The first-order valence-corrected chi connectivity index (χ1v) is 27.0. The number of ether oxygens (including phenoxy) is 2. The van der Waals surface area contributed by atoms with Crippen LogP contribution < -0.4 is 5.32 Å². The summed E-state index contributed by atoms with van der Waals surface area (Å²) in [7, 11) is 0. The SMILES string of the molecule is CC/C=C\C/C=C\C/C=C\C/C=C\C/C=C\C/C=C\C/C=C\CCCCCCCCCC(=O)NC(COC1OC(CO)C(O)C(O)C1O)C(O)/C=C/CCCCCCCCCCCCCCC. The van der Waals surface area contributed by atoms with Gasteiger partial charge in [-0.25, -0.2) is 0 Å². The molecule has 7 atom stereocenters. The monoisotopic (exact) mass is 938 g/mol. The van der Waals surface area contributed by atoms with Gasteiger partial charge in [-0.3, -0.25) is 4.79 Å². The number of aliphatic hydroxyl groups is 5. The maximum Gasteiger partial charge on any atom is 0.220 e. The van der Waals surface area contributed by atoms with Crippen molar-refractivity contribution >= 4 is 5.91 Å². The fraction of sp³-hybridized carbons (Fsp3) is 0.707. The normalized spacial score (nSPS) is 20.5. The lowest BCUT2D eigenvalue weighted by atomic mass is 9.99. The highest BCUT2D eigenvalue weighted by Crippen LogP contribution is 2.23. The Hall–Kier alpha value is -2.89. The molecule has 0 aromatic heterocycles. The number of unbranched alkanes of at least 4 members (excludes halogenated alkanes) is 20. The van der Waals surface area contributed by atoms with E-state index in [-0.39, 0.29) is 12.5 Å². The summed E-state index contributed by atoms with van der Waals surface area (Å²) in [5.41, 5.74) is 0. The molecule has 9 nitrogen and oxygen atoms in total. The molecule has 1 aliphatic rings. The maximum atomic E-state index is 13.0. The first-order valence-electron chi connectivity index (χ1n) is 27.0. The van der Waals surface area contributed by atoms with E-state index in [4.69, 9.17) is 9.47 Å². The van der Waals surface area contributed by atoms with Crippen molar-refractivity contribution in [1.82, 2.24) is 5.32 Å². The molecule has 1 aliphatic heterocycles. The van der Waals surface area contributed by atoms with E-state index in [0.717, 1.165) is 96.3 Å². The van der Waals surface area contributed by atoms with Gasteiger partial charge in [0.2, 0.25) is 5.91 Å². The fourth-order valence-corrected chi connectivity index (χ4v) is 7.90. The molecule has 0 radical (unpaired) electrons. The highest BCUT2D eigenvalue weighted by molar-refractivity contribution is 5.76. The molecular formula is C58H99NO8. The van der Waals surface area contributed by atoms with Gasteiger partial charge in [-0.2, -0.15) is 0 Å². The van der Waals surface area contributed by atoms with Gasteiger partial charge >= 0.3 is 0 Å². The Morgan fingerprint density at radius 3 is 1.37 bits per heavy atom. The molecule has 7 unspecified atom stereocenters. The molecule has 1 amide bonds. The second-order valence-electron chi connectivity index (χ2n) is 18.3. The molecule has 1 rings (SSSR count). The van der Waals surface area contributed by atoms with E-state index in [2.05, 4.69) is 104 Å². The topological polar surface area (TPSA) is 149 Å². The Labute approximate surface area is 409 Å². The van der Waals surface area contributed by atoms with Crippen LogP contribution in [0.5, 0.6) is 0 Å². The van der Waals surface area contributed by atoms with Crippen LogP contribution in [0.25, 0.3) is 0 Å². The van der Waals surface area contributed by atoms with E-state index in [9.17, 15) is 30.3 Å². The van der Waals surface area contributed by atoms with Crippen molar-refractivity contribution in [3.05, 3.63) is 97.2 Å². The quantitative estimate of drug-likeness (QED) is 0.0261. The largest absolute Gasteiger partial charge is 0.394 e. The Morgan fingerprint density at radius 2 is 0.925 bits per heavy atom. The number of nitrogens with one attached hydrogen (secondary N) is 1. The first-order chi connectivity index (χ1) is 32.8. The standard InChI is InChI=1S/C58H99NO8/c1-3-5-7-9-11-13-15-17-19-20-21-22-23-24-25-26-27-28-29-30-31-32-34-36-38-40-42-44-46-48-54(62)59-51(50-66-58-57(65)56(64)55(63)53(49-60)67-58)52(61)47-45-43-41-39-37-35-33-18-16-14-12-10-8-6-4-2/h5,7,11,13,17,19,21-22,24-25,27-28,30-31,45,47,51-53,55-58,60-61,63-65H,3-4,6,8-10,12,14-16,18,20,23,26,29,32-44,46,48-50H2,1-2H3,(H,59,62)/b7-5-,13-11-,19-17-,22-21-,25-24-,28-27-,31-30-,47-45+. The third-order valence-corrected chi connectivity index (χ3v) is 12.2. The van der Waals surface area contributed by atoms with Crippen molar-refractivity contribution in [3.63, 3.8) is 0 Å². The average Bonchev–Trinajstić information content (AvgIpc) is 3.33. The van der Waals surface area contributed by atoms with Crippen LogP contribution in [-0.4, -0.2) is 87.5 Å². The molecule has 6 N–H and O–H groups in total.